The van der Waals surface area contributed by atoms with E-state index in [1.54, 1.807) is 6.92 Å². The second kappa shape index (κ2) is 12.0. The average molecular weight is 408 g/mol. The molecule has 0 aliphatic carbocycles. The molecule has 0 aliphatic heterocycles. The molecule has 0 bridgehead atoms. The number of hydrogen-bond donors (Lipinski definition) is 1. The summed E-state index contributed by atoms with van der Waals surface area (Å²) in [7, 11) is 0. The van der Waals surface area contributed by atoms with E-state index >= 15 is 0 Å². The van der Waals surface area contributed by atoms with E-state index in [9.17, 15) is 9.59 Å². The van der Waals surface area contributed by atoms with Crippen LogP contribution in [0.5, 0.6) is 0 Å². The SMILES string of the molecule is C=C(C)C(=O)NC(=O)OC(CC)P(Cl)(CCCC)(CCCC)CCCC. The van der Waals surface area contributed by atoms with Gasteiger partial charge in [0, 0.05) is 0 Å². The first-order chi connectivity index (χ1) is 12.2. The van der Waals surface area contributed by atoms with E-state index in [4.69, 9.17) is 16.0 Å². The van der Waals surface area contributed by atoms with Gasteiger partial charge in [-0.2, -0.15) is 0 Å². The zero-order chi connectivity index (χ0) is 20.2. The molecule has 154 valence electrons. The third-order valence-corrected chi connectivity index (χ3v) is 13.3. The molecule has 0 heterocycles. The zero-order valence-corrected chi connectivity index (χ0v) is 19.1. The molecular formula is C20H39ClNO3P. The monoisotopic (exact) mass is 407 g/mol. The molecule has 2 amide bonds. The number of alkyl carbamates (subject to hydrolysis) is 1. The fourth-order valence-electron chi connectivity index (χ4n) is 3.39. The van der Waals surface area contributed by atoms with Crippen LogP contribution < -0.4 is 5.32 Å². The van der Waals surface area contributed by atoms with Gasteiger partial charge in [-0.15, -0.1) is 0 Å². The summed E-state index contributed by atoms with van der Waals surface area (Å²) in [5.41, 5.74) is 0.279. The van der Waals surface area contributed by atoms with Crippen molar-refractivity contribution in [2.24, 2.45) is 0 Å². The first-order valence-corrected chi connectivity index (χ1v) is 13.8. The number of ether oxygens (including phenoxy) is 1. The normalized spacial score (nSPS) is 14.2. The van der Waals surface area contributed by atoms with Gasteiger partial charge in [0.25, 0.3) is 0 Å². The molecule has 0 aromatic heterocycles. The molecule has 1 atom stereocenters. The molecule has 0 aromatic rings. The predicted molar refractivity (Wildman–Crippen MR) is 116 cm³/mol. The van der Waals surface area contributed by atoms with Gasteiger partial charge in [0.2, 0.25) is 0 Å². The molecule has 0 saturated heterocycles. The van der Waals surface area contributed by atoms with Gasteiger partial charge in [-0.25, -0.2) is 0 Å². The van der Waals surface area contributed by atoms with Crippen LogP contribution in [0.2, 0.25) is 0 Å². The summed E-state index contributed by atoms with van der Waals surface area (Å²) in [6, 6.07) is 0. The van der Waals surface area contributed by atoms with Crippen molar-refractivity contribution < 1.29 is 14.3 Å². The van der Waals surface area contributed by atoms with Gasteiger partial charge >= 0.3 is 165 Å². The molecule has 0 rings (SSSR count). The number of carbonyl (C=O) groups is 2. The molecule has 0 radical (unpaired) electrons. The molecule has 0 aliphatic rings. The number of unbranched alkanes of at least 4 members (excludes halogenated alkanes) is 3. The second-order valence-corrected chi connectivity index (χ2v) is 15.4. The first-order valence-electron chi connectivity index (χ1n) is 10.1. The number of imide groups is 1. The Hall–Kier alpha value is -0.600. The number of carbonyl (C=O) groups excluding carboxylic acids is 2. The van der Waals surface area contributed by atoms with Gasteiger partial charge in [-0.1, -0.05) is 0 Å². The number of hydrogen-bond acceptors (Lipinski definition) is 3. The van der Waals surface area contributed by atoms with Crippen molar-refractivity contribution in [1.82, 2.24) is 5.32 Å². The molecule has 0 saturated carbocycles. The van der Waals surface area contributed by atoms with Crippen LogP contribution in [-0.2, 0) is 9.53 Å². The Kier molecular flexibility index (Phi) is 11.7. The predicted octanol–water partition coefficient (Wildman–Crippen LogP) is 6.66. The second-order valence-electron chi connectivity index (χ2n) is 7.41. The van der Waals surface area contributed by atoms with Gasteiger partial charge in [-0.3, -0.25) is 0 Å². The van der Waals surface area contributed by atoms with Crippen molar-refractivity contribution in [3.8, 4) is 0 Å². The van der Waals surface area contributed by atoms with Crippen molar-refractivity contribution >= 4 is 29.2 Å². The van der Waals surface area contributed by atoms with E-state index in [-0.39, 0.29) is 11.4 Å². The zero-order valence-electron chi connectivity index (χ0n) is 17.4. The Morgan fingerprint density at radius 1 is 1.00 bits per heavy atom. The van der Waals surface area contributed by atoms with Crippen molar-refractivity contribution in [2.75, 3.05) is 18.5 Å². The third-order valence-electron chi connectivity index (χ3n) is 5.04. The fraction of sp³-hybridized carbons (Fsp3) is 0.800. The van der Waals surface area contributed by atoms with Crippen LogP contribution in [0.4, 0.5) is 4.79 Å². The summed E-state index contributed by atoms with van der Waals surface area (Å²) in [6.45, 7) is 13.6. The molecule has 1 N–H and O–H groups in total. The van der Waals surface area contributed by atoms with E-state index in [2.05, 4.69) is 32.7 Å². The van der Waals surface area contributed by atoms with E-state index in [0.717, 1.165) is 57.0 Å². The molecule has 4 nitrogen and oxygen atoms in total. The topological polar surface area (TPSA) is 55.4 Å². The van der Waals surface area contributed by atoms with Gasteiger partial charge in [0.15, 0.2) is 0 Å². The maximum atomic E-state index is 12.3. The summed E-state index contributed by atoms with van der Waals surface area (Å²) in [5.74, 6) is -3.59. The fourth-order valence-corrected chi connectivity index (χ4v) is 11.0. The van der Waals surface area contributed by atoms with Crippen LogP contribution >= 0.6 is 17.2 Å². The van der Waals surface area contributed by atoms with Crippen LogP contribution in [0.1, 0.15) is 79.6 Å². The van der Waals surface area contributed by atoms with E-state index < -0.39 is 18.0 Å². The summed E-state index contributed by atoms with van der Waals surface area (Å²) in [5, 5.41) is 2.26. The molecule has 6 heteroatoms. The van der Waals surface area contributed by atoms with Gasteiger partial charge in [0.05, 0.1) is 0 Å². The molecule has 1 unspecified atom stereocenters. The Bertz CT molecular complexity index is 457. The number of halogens is 1. The van der Waals surface area contributed by atoms with E-state index in [1.165, 1.54) is 0 Å². The van der Waals surface area contributed by atoms with Crippen molar-refractivity contribution in [3.05, 3.63) is 12.2 Å². The van der Waals surface area contributed by atoms with Gasteiger partial charge in [0.1, 0.15) is 0 Å². The molecule has 0 aromatic carbocycles. The standard InChI is InChI=1S/C20H39ClNO3P/c1-7-11-14-26(21,15-12-8-2,16-13-9-3)18(10-4)25-20(24)22-19(23)17(5)6/h18H,5,7-16H2,1-4,6H3,(H,22,23,24). The minimum absolute atomic E-state index is 0.279. The summed E-state index contributed by atoms with van der Waals surface area (Å²) >= 11 is 7.57. The Morgan fingerprint density at radius 3 is 1.73 bits per heavy atom. The Balaban J connectivity index is 5.63. The Morgan fingerprint density at radius 2 is 1.42 bits per heavy atom. The van der Waals surface area contributed by atoms with E-state index in [1.807, 2.05) is 6.92 Å². The summed E-state index contributed by atoms with van der Waals surface area (Å²) < 4.78 is 5.79. The van der Waals surface area contributed by atoms with Gasteiger partial charge in [-0.05, 0) is 0 Å². The Labute approximate surface area is 165 Å². The molecule has 0 fully saturated rings. The molecule has 0 spiro atoms. The first kappa shape index (κ1) is 25.4. The summed E-state index contributed by atoms with van der Waals surface area (Å²) in [6.07, 6.45) is 9.11. The minimum atomic E-state index is -2.77. The summed E-state index contributed by atoms with van der Waals surface area (Å²) in [4.78, 5) is 24.0. The van der Waals surface area contributed by atoms with Crippen LogP contribution in [0, 0.1) is 0 Å². The maximum absolute atomic E-state index is 12.3. The van der Waals surface area contributed by atoms with Crippen LogP contribution in [0.25, 0.3) is 0 Å². The van der Waals surface area contributed by atoms with Crippen LogP contribution in [0.3, 0.4) is 0 Å². The van der Waals surface area contributed by atoms with Crippen molar-refractivity contribution in [1.29, 1.82) is 0 Å². The average Bonchev–Trinajstić information content (AvgIpc) is 2.61. The van der Waals surface area contributed by atoms with Crippen LogP contribution in [-0.4, -0.2) is 36.3 Å². The molecular weight excluding hydrogens is 369 g/mol. The van der Waals surface area contributed by atoms with Crippen molar-refractivity contribution in [3.63, 3.8) is 0 Å². The number of rotatable bonds is 13. The van der Waals surface area contributed by atoms with Crippen molar-refractivity contribution in [2.45, 2.75) is 85.4 Å². The number of amides is 2. The van der Waals surface area contributed by atoms with Gasteiger partial charge < -0.3 is 0 Å². The molecule has 26 heavy (non-hydrogen) atoms. The van der Waals surface area contributed by atoms with E-state index in [0.29, 0.717) is 6.42 Å². The number of nitrogens with one attached hydrogen (secondary N) is 1. The van der Waals surface area contributed by atoms with Crippen LogP contribution in [0.15, 0.2) is 12.2 Å². The third kappa shape index (κ3) is 7.56. The quantitative estimate of drug-likeness (QED) is 0.274.